The Kier molecular flexibility index (Phi) is 3.25. The summed E-state index contributed by atoms with van der Waals surface area (Å²) in [7, 11) is 0. The smallest absolute Gasteiger partial charge is 0.167 e. The highest BCUT2D eigenvalue weighted by Gasteiger charge is 2.10. The van der Waals surface area contributed by atoms with Crippen LogP contribution in [0, 0.1) is 6.92 Å². The van der Waals surface area contributed by atoms with Gasteiger partial charge in [0.05, 0.1) is 11.0 Å². The summed E-state index contributed by atoms with van der Waals surface area (Å²) in [6.45, 7) is 2.01. The molecule has 0 unspecified atom stereocenters. The minimum atomic E-state index is 0.100. The molecule has 3 nitrogen and oxygen atoms in total. The molecule has 3 rings (SSSR count). The van der Waals surface area contributed by atoms with Crippen molar-refractivity contribution in [2.45, 2.75) is 13.3 Å². The van der Waals surface area contributed by atoms with Crippen LogP contribution in [0.15, 0.2) is 54.9 Å². The van der Waals surface area contributed by atoms with Gasteiger partial charge in [-0.05, 0) is 18.6 Å². The van der Waals surface area contributed by atoms with Crippen molar-refractivity contribution < 1.29 is 4.79 Å². The third-order valence-electron chi connectivity index (χ3n) is 3.31. The SMILES string of the molecule is Cc1ccc(C(=O)Cc2cccc3nccnc23)cc1. The first-order valence-electron chi connectivity index (χ1n) is 6.52. The second-order valence-electron chi connectivity index (χ2n) is 4.81. The van der Waals surface area contributed by atoms with Crippen molar-refractivity contribution >= 4 is 16.8 Å². The Labute approximate surface area is 117 Å². The van der Waals surface area contributed by atoms with Crippen molar-refractivity contribution in [1.82, 2.24) is 9.97 Å². The summed E-state index contributed by atoms with van der Waals surface area (Å²) in [5, 5.41) is 0. The van der Waals surface area contributed by atoms with E-state index in [0.717, 1.165) is 27.7 Å². The second-order valence-corrected chi connectivity index (χ2v) is 4.81. The maximum atomic E-state index is 12.3. The summed E-state index contributed by atoms with van der Waals surface area (Å²) < 4.78 is 0. The second kappa shape index (κ2) is 5.21. The van der Waals surface area contributed by atoms with Gasteiger partial charge in [-0.2, -0.15) is 0 Å². The van der Waals surface area contributed by atoms with Crippen LogP contribution in [-0.4, -0.2) is 15.8 Å². The number of benzene rings is 2. The monoisotopic (exact) mass is 262 g/mol. The van der Waals surface area contributed by atoms with Gasteiger partial charge in [-0.1, -0.05) is 42.0 Å². The standard InChI is InChI=1S/C17H14N2O/c1-12-5-7-13(8-6-12)16(20)11-14-3-2-4-15-17(14)19-10-9-18-15/h2-10H,11H2,1H3. The number of fused-ring (bicyclic) bond motifs is 1. The molecule has 0 amide bonds. The first-order chi connectivity index (χ1) is 9.74. The molecule has 0 spiro atoms. The molecule has 0 atom stereocenters. The van der Waals surface area contributed by atoms with Crippen LogP contribution in [0.5, 0.6) is 0 Å². The summed E-state index contributed by atoms with van der Waals surface area (Å²) in [5.74, 6) is 0.100. The average Bonchev–Trinajstić information content (AvgIpc) is 2.48. The fourth-order valence-electron chi connectivity index (χ4n) is 2.21. The number of nitrogens with zero attached hydrogens (tertiary/aromatic N) is 2. The normalized spacial score (nSPS) is 10.7. The van der Waals surface area contributed by atoms with Gasteiger partial charge in [-0.25, -0.2) is 0 Å². The molecule has 1 heterocycles. The van der Waals surface area contributed by atoms with E-state index in [1.165, 1.54) is 0 Å². The van der Waals surface area contributed by atoms with Gasteiger partial charge < -0.3 is 0 Å². The van der Waals surface area contributed by atoms with Crippen LogP contribution in [0.2, 0.25) is 0 Å². The molecule has 0 saturated heterocycles. The quantitative estimate of drug-likeness (QED) is 0.680. The Hall–Kier alpha value is -2.55. The Bertz CT molecular complexity index is 758. The van der Waals surface area contributed by atoms with Crippen LogP contribution in [0.25, 0.3) is 11.0 Å². The minimum absolute atomic E-state index is 0.100. The Balaban J connectivity index is 1.93. The largest absolute Gasteiger partial charge is 0.294 e. The number of para-hydroxylation sites is 1. The lowest BCUT2D eigenvalue weighted by Crippen LogP contribution is -2.04. The van der Waals surface area contributed by atoms with Gasteiger partial charge in [-0.3, -0.25) is 14.8 Å². The molecule has 3 aromatic rings. The predicted molar refractivity (Wildman–Crippen MR) is 78.8 cm³/mol. The van der Waals surface area contributed by atoms with Gasteiger partial charge in [0.25, 0.3) is 0 Å². The molecule has 1 aromatic heterocycles. The van der Waals surface area contributed by atoms with Gasteiger partial charge in [-0.15, -0.1) is 0 Å². The van der Waals surface area contributed by atoms with Crippen molar-refractivity contribution in [1.29, 1.82) is 0 Å². The first-order valence-corrected chi connectivity index (χ1v) is 6.52. The van der Waals surface area contributed by atoms with Crippen LogP contribution in [-0.2, 0) is 6.42 Å². The number of carbonyl (C=O) groups excluding carboxylic acids is 1. The van der Waals surface area contributed by atoms with E-state index in [-0.39, 0.29) is 5.78 Å². The highest BCUT2D eigenvalue weighted by atomic mass is 16.1. The van der Waals surface area contributed by atoms with E-state index >= 15 is 0 Å². The summed E-state index contributed by atoms with van der Waals surface area (Å²) in [6.07, 6.45) is 3.66. The summed E-state index contributed by atoms with van der Waals surface area (Å²) in [6, 6.07) is 13.4. The zero-order chi connectivity index (χ0) is 13.9. The van der Waals surface area contributed by atoms with Crippen LogP contribution in [0.3, 0.4) is 0 Å². The molecule has 0 aliphatic heterocycles. The Morgan fingerprint density at radius 2 is 1.75 bits per heavy atom. The lowest BCUT2D eigenvalue weighted by molar-refractivity contribution is 0.0993. The van der Waals surface area contributed by atoms with Crippen molar-refractivity contribution in [3.05, 3.63) is 71.5 Å². The van der Waals surface area contributed by atoms with Crippen molar-refractivity contribution in [2.75, 3.05) is 0 Å². The van der Waals surface area contributed by atoms with Crippen molar-refractivity contribution in [3.8, 4) is 0 Å². The molecular weight excluding hydrogens is 248 g/mol. The molecular formula is C17H14N2O. The van der Waals surface area contributed by atoms with Gasteiger partial charge in [0.1, 0.15) is 0 Å². The number of carbonyl (C=O) groups is 1. The van der Waals surface area contributed by atoms with Crippen LogP contribution in [0.1, 0.15) is 21.5 Å². The third-order valence-corrected chi connectivity index (χ3v) is 3.31. The lowest BCUT2D eigenvalue weighted by Gasteiger charge is -2.05. The van der Waals surface area contributed by atoms with E-state index in [1.54, 1.807) is 12.4 Å². The lowest BCUT2D eigenvalue weighted by atomic mass is 10.0. The number of aromatic nitrogens is 2. The van der Waals surface area contributed by atoms with Gasteiger partial charge in [0, 0.05) is 24.4 Å². The maximum absolute atomic E-state index is 12.3. The molecule has 98 valence electrons. The summed E-state index contributed by atoms with van der Waals surface area (Å²) in [4.78, 5) is 20.9. The number of rotatable bonds is 3. The van der Waals surface area contributed by atoms with E-state index in [9.17, 15) is 4.79 Å². The van der Waals surface area contributed by atoms with Crippen LogP contribution >= 0.6 is 0 Å². The molecule has 0 fully saturated rings. The van der Waals surface area contributed by atoms with E-state index in [0.29, 0.717) is 6.42 Å². The number of hydrogen-bond acceptors (Lipinski definition) is 3. The maximum Gasteiger partial charge on any atom is 0.167 e. The minimum Gasteiger partial charge on any atom is -0.294 e. The molecule has 0 radical (unpaired) electrons. The van der Waals surface area contributed by atoms with Gasteiger partial charge >= 0.3 is 0 Å². The number of aryl methyl sites for hydroxylation is 1. The van der Waals surface area contributed by atoms with Crippen LogP contribution < -0.4 is 0 Å². The van der Waals surface area contributed by atoms with Crippen molar-refractivity contribution in [3.63, 3.8) is 0 Å². The van der Waals surface area contributed by atoms with Crippen LogP contribution in [0.4, 0.5) is 0 Å². The fraction of sp³-hybridized carbons (Fsp3) is 0.118. The summed E-state index contributed by atoms with van der Waals surface area (Å²) >= 11 is 0. The highest BCUT2D eigenvalue weighted by Crippen LogP contribution is 2.16. The molecule has 0 N–H and O–H groups in total. The highest BCUT2D eigenvalue weighted by molar-refractivity contribution is 5.99. The van der Waals surface area contributed by atoms with E-state index in [2.05, 4.69) is 9.97 Å². The summed E-state index contributed by atoms with van der Waals surface area (Å²) in [5.41, 5.74) is 4.42. The molecule has 3 heteroatoms. The van der Waals surface area contributed by atoms with E-state index in [4.69, 9.17) is 0 Å². The van der Waals surface area contributed by atoms with E-state index in [1.807, 2.05) is 49.4 Å². The number of Topliss-reactive ketones (excluding diaryl/α,β-unsaturated/α-hetero) is 1. The number of ketones is 1. The molecule has 20 heavy (non-hydrogen) atoms. The first kappa shape index (κ1) is 12.5. The molecule has 0 aliphatic carbocycles. The number of hydrogen-bond donors (Lipinski definition) is 0. The zero-order valence-corrected chi connectivity index (χ0v) is 11.2. The average molecular weight is 262 g/mol. The predicted octanol–water partition coefficient (Wildman–Crippen LogP) is 3.36. The van der Waals surface area contributed by atoms with E-state index < -0.39 is 0 Å². The molecule has 2 aromatic carbocycles. The zero-order valence-electron chi connectivity index (χ0n) is 11.2. The molecule has 0 saturated carbocycles. The van der Waals surface area contributed by atoms with Gasteiger partial charge in [0.2, 0.25) is 0 Å². The Morgan fingerprint density at radius 3 is 2.55 bits per heavy atom. The molecule has 0 bridgehead atoms. The molecule has 0 aliphatic rings. The Morgan fingerprint density at radius 1 is 1.00 bits per heavy atom. The van der Waals surface area contributed by atoms with Crippen molar-refractivity contribution in [2.24, 2.45) is 0 Å². The topological polar surface area (TPSA) is 42.9 Å². The fourth-order valence-corrected chi connectivity index (χ4v) is 2.21. The third kappa shape index (κ3) is 2.43. The van der Waals surface area contributed by atoms with Gasteiger partial charge in [0.15, 0.2) is 5.78 Å².